The van der Waals surface area contributed by atoms with Crippen molar-refractivity contribution in [3.05, 3.63) is 47.9 Å². The summed E-state index contributed by atoms with van der Waals surface area (Å²) in [5, 5.41) is 0. The van der Waals surface area contributed by atoms with Crippen LogP contribution in [0.3, 0.4) is 0 Å². The molecular weight excluding hydrogens is 336 g/mol. The number of aromatic nitrogens is 2. The fourth-order valence-corrected chi connectivity index (χ4v) is 3.56. The molecule has 0 amide bonds. The molecule has 1 aromatic carbocycles. The van der Waals surface area contributed by atoms with Gasteiger partial charge in [0.25, 0.3) is 0 Å². The largest absolute Gasteiger partial charge is 0.378 e. The van der Waals surface area contributed by atoms with Gasteiger partial charge < -0.3 is 14.5 Å². The van der Waals surface area contributed by atoms with E-state index in [1.54, 1.807) is 7.11 Å². The van der Waals surface area contributed by atoms with E-state index < -0.39 is 0 Å². The molecule has 3 rings (SSSR count). The highest BCUT2D eigenvalue weighted by molar-refractivity contribution is 5.47. The van der Waals surface area contributed by atoms with Gasteiger partial charge in [0, 0.05) is 50.5 Å². The molecular formula is C22H32N4O. The normalized spacial score (nSPS) is 15.8. The lowest BCUT2D eigenvalue weighted by Gasteiger charge is -2.38. The van der Waals surface area contributed by atoms with Crippen molar-refractivity contribution >= 4 is 11.5 Å². The quantitative estimate of drug-likeness (QED) is 0.797. The highest BCUT2D eigenvalue weighted by Gasteiger charge is 2.26. The molecule has 0 unspecified atom stereocenters. The molecule has 0 radical (unpaired) electrons. The van der Waals surface area contributed by atoms with Crippen LogP contribution in [0, 0.1) is 0 Å². The highest BCUT2D eigenvalue weighted by Crippen LogP contribution is 2.27. The van der Waals surface area contributed by atoms with E-state index >= 15 is 0 Å². The summed E-state index contributed by atoms with van der Waals surface area (Å²) in [6.45, 7) is 9.01. The second-order valence-electron chi connectivity index (χ2n) is 8.39. The van der Waals surface area contributed by atoms with Crippen LogP contribution in [-0.2, 0) is 16.8 Å². The molecule has 27 heavy (non-hydrogen) atoms. The fourth-order valence-electron chi connectivity index (χ4n) is 3.56. The molecule has 2 heterocycles. The third-order valence-electron chi connectivity index (χ3n) is 5.23. The first-order valence-electron chi connectivity index (χ1n) is 9.78. The standard InChI is InChI=1S/C22H32N4O/c1-22(2,3)21-23-17(16-27-5)15-20(24-21)26-13-11-19(12-14-26)25(4)18-9-7-6-8-10-18/h6-10,15,19H,11-14,16H2,1-5H3. The maximum Gasteiger partial charge on any atom is 0.136 e. The summed E-state index contributed by atoms with van der Waals surface area (Å²) in [7, 11) is 3.91. The Hall–Kier alpha value is -2.14. The lowest BCUT2D eigenvalue weighted by molar-refractivity contribution is 0.181. The molecule has 1 aliphatic heterocycles. The molecule has 1 aliphatic rings. The molecule has 0 aliphatic carbocycles. The van der Waals surface area contributed by atoms with Crippen LogP contribution < -0.4 is 9.80 Å². The van der Waals surface area contributed by atoms with Gasteiger partial charge in [-0.1, -0.05) is 39.0 Å². The predicted octanol–water partition coefficient (Wildman–Crippen LogP) is 4.03. The second-order valence-corrected chi connectivity index (χ2v) is 8.39. The zero-order chi connectivity index (χ0) is 19.4. The van der Waals surface area contributed by atoms with E-state index in [0.717, 1.165) is 43.3 Å². The van der Waals surface area contributed by atoms with Crippen molar-refractivity contribution in [3.63, 3.8) is 0 Å². The van der Waals surface area contributed by atoms with Gasteiger partial charge in [0.1, 0.15) is 11.6 Å². The van der Waals surface area contributed by atoms with Crippen LogP contribution in [0.1, 0.15) is 45.1 Å². The summed E-state index contributed by atoms with van der Waals surface area (Å²) in [5.74, 6) is 1.92. The first-order chi connectivity index (χ1) is 12.9. The van der Waals surface area contributed by atoms with Crippen LogP contribution in [0.5, 0.6) is 0 Å². The van der Waals surface area contributed by atoms with Crippen LogP contribution >= 0.6 is 0 Å². The number of anilines is 2. The molecule has 0 N–H and O–H groups in total. The van der Waals surface area contributed by atoms with E-state index in [9.17, 15) is 0 Å². The number of benzene rings is 1. The number of ether oxygens (including phenoxy) is 1. The Morgan fingerprint density at radius 2 is 1.78 bits per heavy atom. The van der Waals surface area contributed by atoms with E-state index in [1.807, 2.05) is 0 Å². The molecule has 2 aromatic rings. The molecule has 0 bridgehead atoms. The summed E-state index contributed by atoms with van der Waals surface area (Å²) >= 11 is 0. The number of nitrogens with zero attached hydrogens (tertiary/aromatic N) is 4. The topological polar surface area (TPSA) is 41.5 Å². The SMILES string of the molecule is COCc1cc(N2CCC(N(C)c3ccccc3)CC2)nc(C(C)(C)C)n1. The minimum Gasteiger partial charge on any atom is -0.378 e. The number of para-hydroxylation sites is 1. The molecule has 0 saturated carbocycles. The highest BCUT2D eigenvalue weighted by atomic mass is 16.5. The Morgan fingerprint density at radius 3 is 2.37 bits per heavy atom. The van der Waals surface area contributed by atoms with Crippen LogP contribution in [0.15, 0.2) is 36.4 Å². The Balaban J connectivity index is 1.73. The van der Waals surface area contributed by atoms with E-state index in [1.165, 1.54) is 5.69 Å². The summed E-state index contributed by atoms with van der Waals surface area (Å²) in [6.07, 6.45) is 2.25. The fraction of sp³-hybridized carbons (Fsp3) is 0.545. The van der Waals surface area contributed by atoms with Gasteiger partial charge in [-0.25, -0.2) is 9.97 Å². The summed E-state index contributed by atoms with van der Waals surface area (Å²) in [5.41, 5.74) is 2.16. The molecule has 1 fully saturated rings. The summed E-state index contributed by atoms with van der Waals surface area (Å²) < 4.78 is 5.32. The van der Waals surface area contributed by atoms with Crippen LogP contribution in [0.25, 0.3) is 0 Å². The first kappa shape index (κ1) is 19.6. The van der Waals surface area contributed by atoms with E-state index in [0.29, 0.717) is 12.6 Å². The Labute approximate surface area is 163 Å². The van der Waals surface area contributed by atoms with Crippen molar-refractivity contribution in [2.45, 2.75) is 51.7 Å². The van der Waals surface area contributed by atoms with Crippen molar-refractivity contribution < 1.29 is 4.74 Å². The molecule has 5 nitrogen and oxygen atoms in total. The summed E-state index contributed by atoms with van der Waals surface area (Å²) in [6, 6.07) is 13.3. The van der Waals surface area contributed by atoms with Gasteiger partial charge in [0.05, 0.1) is 12.3 Å². The van der Waals surface area contributed by atoms with Crippen molar-refractivity contribution in [2.75, 3.05) is 37.0 Å². The van der Waals surface area contributed by atoms with Gasteiger partial charge in [-0.05, 0) is 25.0 Å². The van der Waals surface area contributed by atoms with Crippen molar-refractivity contribution in [1.82, 2.24) is 9.97 Å². The average Bonchev–Trinajstić information content (AvgIpc) is 2.67. The third-order valence-corrected chi connectivity index (χ3v) is 5.23. The van der Waals surface area contributed by atoms with Gasteiger partial charge in [-0.15, -0.1) is 0 Å². The minimum atomic E-state index is -0.0790. The average molecular weight is 369 g/mol. The van der Waals surface area contributed by atoms with Crippen LogP contribution in [-0.4, -0.2) is 43.3 Å². The third kappa shape index (κ3) is 4.78. The lowest BCUT2D eigenvalue weighted by Crippen LogP contribution is -2.44. The Morgan fingerprint density at radius 1 is 1.11 bits per heavy atom. The lowest BCUT2D eigenvalue weighted by atomic mass is 9.95. The molecule has 0 atom stereocenters. The van der Waals surface area contributed by atoms with E-state index in [4.69, 9.17) is 14.7 Å². The second kappa shape index (κ2) is 8.26. The monoisotopic (exact) mass is 368 g/mol. The van der Waals surface area contributed by atoms with Gasteiger partial charge in [0.2, 0.25) is 0 Å². The Kier molecular flexibility index (Phi) is 6.00. The Bertz CT molecular complexity index is 734. The van der Waals surface area contributed by atoms with Crippen molar-refractivity contribution in [2.24, 2.45) is 0 Å². The maximum absolute atomic E-state index is 5.32. The summed E-state index contributed by atoms with van der Waals surface area (Å²) in [4.78, 5) is 14.4. The zero-order valence-corrected chi connectivity index (χ0v) is 17.3. The van der Waals surface area contributed by atoms with Crippen molar-refractivity contribution in [1.29, 1.82) is 0 Å². The smallest absolute Gasteiger partial charge is 0.136 e. The van der Waals surface area contributed by atoms with Crippen molar-refractivity contribution in [3.8, 4) is 0 Å². The number of piperidine rings is 1. The minimum absolute atomic E-state index is 0.0790. The zero-order valence-electron chi connectivity index (χ0n) is 17.3. The van der Waals surface area contributed by atoms with Gasteiger partial charge in [-0.2, -0.15) is 0 Å². The van der Waals surface area contributed by atoms with Crippen LogP contribution in [0.4, 0.5) is 11.5 Å². The molecule has 1 saturated heterocycles. The van der Waals surface area contributed by atoms with E-state index in [-0.39, 0.29) is 5.41 Å². The first-order valence-corrected chi connectivity index (χ1v) is 9.78. The predicted molar refractivity (Wildman–Crippen MR) is 112 cm³/mol. The van der Waals surface area contributed by atoms with Crippen LogP contribution in [0.2, 0.25) is 0 Å². The number of methoxy groups -OCH3 is 1. The maximum atomic E-state index is 5.32. The number of hydrogen-bond donors (Lipinski definition) is 0. The number of rotatable bonds is 5. The van der Waals surface area contributed by atoms with Gasteiger partial charge in [-0.3, -0.25) is 0 Å². The van der Waals surface area contributed by atoms with Gasteiger partial charge >= 0.3 is 0 Å². The molecule has 0 spiro atoms. The van der Waals surface area contributed by atoms with E-state index in [2.05, 4.69) is 74.0 Å². The molecule has 146 valence electrons. The molecule has 5 heteroatoms. The molecule has 1 aromatic heterocycles. The number of hydrogen-bond acceptors (Lipinski definition) is 5. The van der Waals surface area contributed by atoms with Gasteiger partial charge in [0.15, 0.2) is 0 Å².